The summed E-state index contributed by atoms with van der Waals surface area (Å²) in [5, 5.41) is 2.97. The molecule has 3 N–H and O–H groups in total. The number of halogens is 2. The number of nitrogens with one attached hydrogen (secondary N) is 1. The van der Waals surface area contributed by atoms with E-state index in [2.05, 4.69) is 31.2 Å². The van der Waals surface area contributed by atoms with Crippen LogP contribution in [0.1, 0.15) is 11.7 Å². The molecule has 1 aromatic heterocycles. The third-order valence-corrected chi connectivity index (χ3v) is 4.19. The van der Waals surface area contributed by atoms with Crippen molar-refractivity contribution in [1.82, 2.24) is 9.55 Å². The quantitative estimate of drug-likeness (QED) is 0.700. The SMILES string of the molecule is NC1=N[C@@H](c2ccc(F)c(Br)c2)n2c(nc3ccccc32)N1. The van der Waals surface area contributed by atoms with Crippen LogP contribution in [0.15, 0.2) is 51.9 Å². The summed E-state index contributed by atoms with van der Waals surface area (Å²) in [4.78, 5) is 8.97. The molecule has 5 nitrogen and oxygen atoms in total. The van der Waals surface area contributed by atoms with Gasteiger partial charge in [0.25, 0.3) is 0 Å². The second kappa shape index (κ2) is 4.81. The highest BCUT2D eigenvalue weighted by molar-refractivity contribution is 9.10. The van der Waals surface area contributed by atoms with Crippen molar-refractivity contribution < 1.29 is 4.39 Å². The molecule has 3 aromatic rings. The topological polar surface area (TPSA) is 68.2 Å². The number of guanidine groups is 1. The molecule has 110 valence electrons. The zero-order valence-electron chi connectivity index (χ0n) is 11.3. The highest BCUT2D eigenvalue weighted by atomic mass is 79.9. The first kappa shape index (κ1) is 13.3. The summed E-state index contributed by atoms with van der Waals surface area (Å²) in [5.74, 6) is 0.595. The minimum atomic E-state index is -0.388. The number of aromatic nitrogens is 2. The molecule has 0 radical (unpaired) electrons. The highest BCUT2D eigenvalue weighted by Gasteiger charge is 2.25. The minimum absolute atomic E-state index is 0.285. The van der Waals surface area contributed by atoms with Crippen molar-refractivity contribution in [3.05, 3.63) is 58.3 Å². The Bertz CT molecular complexity index is 917. The lowest BCUT2D eigenvalue weighted by atomic mass is 10.1. The second-order valence-electron chi connectivity index (χ2n) is 4.98. The Morgan fingerprint density at radius 2 is 2.05 bits per heavy atom. The Balaban J connectivity index is 1.96. The van der Waals surface area contributed by atoms with Gasteiger partial charge in [-0.25, -0.2) is 14.4 Å². The van der Waals surface area contributed by atoms with Gasteiger partial charge in [0, 0.05) is 0 Å². The van der Waals surface area contributed by atoms with Gasteiger partial charge >= 0.3 is 0 Å². The monoisotopic (exact) mass is 359 g/mol. The van der Waals surface area contributed by atoms with Crippen LogP contribution in [0.2, 0.25) is 0 Å². The Morgan fingerprint density at radius 3 is 2.86 bits per heavy atom. The Labute approximate surface area is 133 Å². The zero-order valence-corrected chi connectivity index (χ0v) is 12.9. The fraction of sp³-hybridized carbons (Fsp3) is 0.0667. The van der Waals surface area contributed by atoms with Gasteiger partial charge in [-0.2, -0.15) is 0 Å². The van der Waals surface area contributed by atoms with Crippen molar-refractivity contribution in [2.45, 2.75) is 6.17 Å². The lowest BCUT2D eigenvalue weighted by Gasteiger charge is -2.24. The maximum atomic E-state index is 13.5. The molecule has 0 amide bonds. The van der Waals surface area contributed by atoms with E-state index in [1.165, 1.54) is 6.07 Å². The summed E-state index contributed by atoms with van der Waals surface area (Å²) in [6.07, 6.45) is -0.388. The Hall–Kier alpha value is -2.41. The summed E-state index contributed by atoms with van der Waals surface area (Å²) in [5.41, 5.74) is 8.47. The molecule has 4 rings (SSSR count). The number of rotatable bonds is 1. The largest absolute Gasteiger partial charge is 0.370 e. The molecule has 0 aliphatic carbocycles. The predicted molar refractivity (Wildman–Crippen MR) is 87.2 cm³/mol. The van der Waals surface area contributed by atoms with Crippen LogP contribution >= 0.6 is 15.9 Å². The zero-order chi connectivity index (χ0) is 15.3. The molecule has 1 aliphatic heterocycles. The summed E-state index contributed by atoms with van der Waals surface area (Å²) < 4.78 is 15.8. The molecular weight excluding hydrogens is 349 g/mol. The van der Waals surface area contributed by atoms with E-state index in [4.69, 9.17) is 5.73 Å². The first-order chi connectivity index (χ1) is 10.6. The first-order valence-electron chi connectivity index (χ1n) is 6.66. The highest BCUT2D eigenvalue weighted by Crippen LogP contribution is 2.33. The van der Waals surface area contributed by atoms with E-state index in [1.54, 1.807) is 12.1 Å². The summed E-state index contributed by atoms with van der Waals surface area (Å²) in [7, 11) is 0. The Kier molecular flexibility index (Phi) is 2.90. The summed E-state index contributed by atoms with van der Waals surface area (Å²) in [6.45, 7) is 0. The van der Waals surface area contributed by atoms with Crippen molar-refractivity contribution in [2.75, 3.05) is 5.32 Å². The first-order valence-corrected chi connectivity index (χ1v) is 7.45. The molecule has 0 bridgehead atoms. The number of hydrogen-bond acceptors (Lipinski definition) is 4. The Morgan fingerprint density at radius 1 is 1.23 bits per heavy atom. The normalized spacial score (nSPS) is 17.0. The van der Waals surface area contributed by atoms with Crippen LogP contribution in [0.25, 0.3) is 11.0 Å². The van der Waals surface area contributed by atoms with E-state index >= 15 is 0 Å². The fourth-order valence-electron chi connectivity index (χ4n) is 2.61. The number of nitrogens with zero attached hydrogens (tertiary/aromatic N) is 3. The summed E-state index contributed by atoms with van der Waals surface area (Å²) in [6, 6.07) is 12.6. The predicted octanol–water partition coefficient (Wildman–Crippen LogP) is 3.23. The van der Waals surface area contributed by atoms with Crippen molar-refractivity contribution in [2.24, 2.45) is 10.7 Å². The molecule has 2 heterocycles. The average molecular weight is 360 g/mol. The van der Waals surface area contributed by atoms with Crippen molar-refractivity contribution in [1.29, 1.82) is 0 Å². The van der Waals surface area contributed by atoms with Crippen LogP contribution in [-0.2, 0) is 0 Å². The van der Waals surface area contributed by atoms with Crippen LogP contribution in [0, 0.1) is 5.82 Å². The van der Waals surface area contributed by atoms with Crippen molar-refractivity contribution in [3.63, 3.8) is 0 Å². The fourth-order valence-corrected chi connectivity index (χ4v) is 3.01. The van der Waals surface area contributed by atoms with E-state index in [0.717, 1.165) is 16.6 Å². The molecule has 0 spiro atoms. The molecule has 22 heavy (non-hydrogen) atoms. The number of benzene rings is 2. The number of anilines is 1. The standard InChI is InChI=1S/C15H11BrFN5/c16-9-7-8(5-6-10(9)17)13-20-14(18)21-15-19-11-3-1-2-4-12(11)22(13)15/h1-7,13H,(H3,18,19,20,21)/t13-/m1/s1. The van der Waals surface area contributed by atoms with Crippen LogP contribution < -0.4 is 11.1 Å². The molecule has 0 saturated carbocycles. The molecule has 7 heteroatoms. The minimum Gasteiger partial charge on any atom is -0.370 e. The van der Waals surface area contributed by atoms with Gasteiger partial charge in [-0.1, -0.05) is 18.2 Å². The molecule has 0 unspecified atom stereocenters. The molecule has 0 saturated heterocycles. The molecule has 1 atom stereocenters. The third-order valence-electron chi connectivity index (χ3n) is 3.58. The number of fused-ring (bicyclic) bond motifs is 3. The van der Waals surface area contributed by atoms with E-state index in [-0.39, 0.29) is 17.9 Å². The lowest BCUT2D eigenvalue weighted by molar-refractivity contribution is 0.605. The number of hydrogen-bond donors (Lipinski definition) is 2. The van der Waals surface area contributed by atoms with Gasteiger partial charge in [-0.15, -0.1) is 0 Å². The van der Waals surface area contributed by atoms with Crippen molar-refractivity contribution >= 4 is 38.9 Å². The number of nitrogens with two attached hydrogens (primary N) is 1. The van der Waals surface area contributed by atoms with Crippen molar-refractivity contribution in [3.8, 4) is 0 Å². The number of imidazole rings is 1. The van der Waals surface area contributed by atoms with Gasteiger partial charge in [-0.05, 0) is 45.8 Å². The van der Waals surface area contributed by atoms with Crippen LogP contribution in [-0.4, -0.2) is 15.5 Å². The maximum Gasteiger partial charge on any atom is 0.212 e. The maximum absolute atomic E-state index is 13.5. The third kappa shape index (κ3) is 1.97. The van der Waals surface area contributed by atoms with Gasteiger partial charge in [0.15, 0.2) is 12.1 Å². The van der Waals surface area contributed by atoms with Crippen LogP contribution in [0.4, 0.5) is 10.3 Å². The van der Waals surface area contributed by atoms with Crippen LogP contribution in [0.5, 0.6) is 0 Å². The molecule has 1 aliphatic rings. The van der Waals surface area contributed by atoms with Gasteiger partial charge in [0.2, 0.25) is 5.95 Å². The molecular formula is C15H11BrFN5. The lowest BCUT2D eigenvalue weighted by Crippen LogP contribution is -2.31. The smallest absolute Gasteiger partial charge is 0.212 e. The van der Waals surface area contributed by atoms with E-state index in [0.29, 0.717) is 10.4 Å². The van der Waals surface area contributed by atoms with E-state index < -0.39 is 0 Å². The van der Waals surface area contributed by atoms with Gasteiger partial charge in [-0.3, -0.25) is 9.88 Å². The number of aliphatic imine (C=N–C) groups is 1. The van der Waals surface area contributed by atoms with E-state index in [9.17, 15) is 4.39 Å². The average Bonchev–Trinajstić information content (AvgIpc) is 2.87. The molecule has 2 aromatic carbocycles. The molecule has 0 fully saturated rings. The van der Waals surface area contributed by atoms with Gasteiger partial charge in [0.1, 0.15) is 5.82 Å². The second-order valence-corrected chi connectivity index (χ2v) is 5.84. The summed E-state index contributed by atoms with van der Waals surface area (Å²) >= 11 is 3.21. The van der Waals surface area contributed by atoms with Gasteiger partial charge in [0.05, 0.1) is 15.5 Å². The number of para-hydroxylation sites is 2. The van der Waals surface area contributed by atoms with Crippen LogP contribution in [0.3, 0.4) is 0 Å². The van der Waals surface area contributed by atoms with Gasteiger partial charge < -0.3 is 5.73 Å². The van der Waals surface area contributed by atoms with E-state index in [1.807, 2.05) is 28.8 Å².